The van der Waals surface area contributed by atoms with Crippen LogP contribution in [0, 0.1) is 13.8 Å². The number of nitrogens with one attached hydrogen (secondary N) is 1. The summed E-state index contributed by atoms with van der Waals surface area (Å²) in [6.45, 7) is 5.68. The molecule has 1 aromatic heterocycles. The number of halogens is 2. The van der Waals surface area contributed by atoms with Gasteiger partial charge in [-0.05, 0) is 84.2 Å². The summed E-state index contributed by atoms with van der Waals surface area (Å²) in [5.74, 6) is 0.181. The Morgan fingerprint density at radius 2 is 1.88 bits per heavy atom. The number of aryl methyl sites for hydroxylation is 1. The molecular weight excluding hydrogens is 530 g/mol. The summed E-state index contributed by atoms with van der Waals surface area (Å²) >= 11 is 9.15. The molecule has 0 bridgehead atoms. The first-order chi connectivity index (χ1) is 15.6. The Balaban J connectivity index is 1.96. The summed E-state index contributed by atoms with van der Waals surface area (Å²) in [6, 6.07) is 13.5. The molecule has 3 rings (SSSR count). The maximum Gasteiger partial charge on any atom is 0.266 e. The van der Waals surface area contributed by atoms with E-state index in [1.807, 2.05) is 26.8 Å². The molecule has 0 saturated heterocycles. The maximum absolute atomic E-state index is 13.6. The lowest BCUT2D eigenvalue weighted by atomic mass is 10.1. The van der Waals surface area contributed by atoms with Crippen LogP contribution in [0.25, 0.3) is 0 Å². The molecule has 0 atom stereocenters. The van der Waals surface area contributed by atoms with Crippen molar-refractivity contribution < 1.29 is 17.9 Å². The van der Waals surface area contributed by atoms with Gasteiger partial charge in [-0.3, -0.25) is 9.10 Å². The second-order valence-electron chi connectivity index (χ2n) is 7.18. The normalized spacial score (nSPS) is 11.2. The molecule has 0 aliphatic heterocycles. The van der Waals surface area contributed by atoms with Gasteiger partial charge in [0.25, 0.3) is 10.0 Å². The molecule has 174 valence electrons. The molecule has 0 spiro atoms. The molecule has 1 heterocycles. The summed E-state index contributed by atoms with van der Waals surface area (Å²) in [4.78, 5) is 16.7. The zero-order chi connectivity index (χ0) is 24.2. The molecule has 7 nitrogen and oxygen atoms in total. The Hall–Kier alpha value is -2.62. The van der Waals surface area contributed by atoms with Crippen molar-refractivity contribution in [2.75, 3.05) is 22.8 Å². The molecular formula is C23H23BrClN3O4S. The van der Waals surface area contributed by atoms with E-state index in [1.165, 1.54) is 12.3 Å². The highest BCUT2D eigenvalue weighted by Crippen LogP contribution is 2.30. The van der Waals surface area contributed by atoms with Gasteiger partial charge in [0.05, 0.1) is 16.8 Å². The second-order valence-corrected chi connectivity index (χ2v) is 10.3. The highest BCUT2D eigenvalue weighted by molar-refractivity contribution is 9.10. The largest absolute Gasteiger partial charge is 0.494 e. The number of nitrogens with zero attached hydrogens (tertiary/aromatic N) is 2. The van der Waals surface area contributed by atoms with Crippen LogP contribution in [-0.4, -0.2) is 32.5 Å². The lowest BCUT2D eigenvalue weighted by Gasteiger charge is -2.26. The number of carbonyl (C=O) groups is 1. The van der Waals surface area contributed by atoms with Crippen molar-refractivity contribution in [3.63, 3.8) is 0 Å². The number of sulfonamides is 1. The number of aromatic nitrogens is 1. The number of ether oxygens (including phenoxy) is 1. The van der Waals surface area contributed by atoms with Gasteiger partial charge in [0.15, 0.2) is 0 Å². The highest BCUT2D eigenvalue weighted by atomic mass is 79.9. The number of amides is 1. The van der Waals surface area contributed by atoms with Gasteiger partial charge < -0.3 is 10.1 Å². The second kappa shape index (κ2) is 10.5. The fourth-order valence-corrected chi connectivity index (χ4v) is 5.16. The average Bonchev–Trinajstić information content (AvgIpc) is 2.77. The van der Waals surface area contributed by atoms with Crippen LogP contribution < -0.4 is 14.4 Å². The van der Waals surface area contributed by atoms with Gasteiger partial charge in [-0.15, -0.1) is 0 Å². The summed E-state index contributed by atoms with van der Waals surface area (Å²) in [6.07, 6.45) is 1.17. The highest BCUT2D eigenvalue weighted by Gasteiger charge is 2.29. The van der Waals surface area contributed by atoms with Crippen LogP contribution in [0.4, 0.5) is 11.4 Å². The topological polar surface area (TPSA) is 88.6 Å². The van der Waals surface area contributed by atoms with Crippen molar-refractivity contribution in [3.05, 3.63) is 75.5 Å². The predicted octanol–water partition coefficient (Wildman–Crippen LogP) is 5.35. The van der Waals surface area contributed by atoms with Crippen molar-refractivity contribution in [2.24, 2.45) is 0 Å². The minimum absolute atomic E-state index is 0.0893. The molecule has 0 aliphatic carbocycles. The van der Waals surface area contributed by atoms with Crippen LogP contribution in [0.3, 0.4) is 0 Å². The van der Waals surface area contributed by atoms with E-state index in [4.69, 9.17) is 16.3 Å². The van der Waals surface area contributed by atoms with Crippen molar-refractivity contribution in [3.8, 4) is 5.75 Å². The van der Waals surface area contributed by atoms with Gasteiger partial charge in [0, 0.05) is 11.9 Å². The molecule has 0 saturated carbocycles. The number of pyridine rings is 1. The average molecular weight is 553 g/mol. The fourth-order valence-electron chi connectivity index (χ4n) is 3.11. The molecule has 0 aliphatic rings. The van der Waals surface area contributed by atoms with E-state index >= 15 is 0 Å². The fraction of sp³-hybridized carbons (Fsp3) is 0.217. The molecule has 0 radical (unpaired) electrons. The van der Waals surface area contributed by atoms with Crippen molar-refractivity contribution in [2.45, 2.75) is 25.7 Å². The molecule has 0 unspecified atom stereocenters. The van der Waals surface area contributed by atoms with Crippen LogP contribution in [0.2, 0.25) is 5.15 Å². The SMILES string of the molecule is CCOc1ccc(NC(=O)CN(c2cccc(C)c2C)S(=O)(=O)c2cnc(Cl)c(Br)c2)cc1. The first-order valence-electron chi connectivity index (χ1n) is 10.1. The Kier molecular flexibility index (Phi) is 7.99. The number of anilines is 2. The zero-order valence-corrected chi connectivity index (χ0v) is 21.5. The Labute approximate surface area is 206 Å². The van der Waals surface area contributed by atoms with E-state index in [9.17, 15) is 13.2 Å². The molecule has 33 heavy (non-hydrogen) atoms. The molecule has 2 aromatic carbocycles. The molecule has 1 amide bonds. The Bertz CT molecular complexity index is 1270. The van der Waals surface area contributed by atoms with Crippen LogP contribution in [0.1, 0.15) is 18.1 Å². The van der Waals surface area contributed by atoms with Gasteiger partial charge in [-0.25, -0.2) is 13.4 Å². The third kappa shape index (κ3) is 5.85. The van der Waals surface area contributed by atoms with E-state index in [0.717, 1.165) is 15.4 Å². The van der Waals surface area contributed by atoms with Gasteiger partial charge in [0.1, 0.15) is 22.3 Å². The summed E-state index contributed by atoms with van der Waals surface area (Å²) in [7, 11) is -4.13. The monoisotopic (exact) mass is 551 g/mol. The van der Waals surface area contributed by atoms with Gasteiger partial charge in [0.2, 0.25) is 5.91 Å². The zero-order valence-electron chi connectivity index (χ0n) is 18.3. The maximum atomic E-state index is 13.6. The van der Waals surface area contributed by atoms with Gasteiger partial charge >= 0.3 is 0 Å². The molecule has 3 aromatic rings. The molecule has 10 heteroatoms. The van der Waals surface area contributed by atoms with Gasteiger partial charge in [-0.2, -0.15) is 0 Å². The minimum atomic E-state index is -4.13. The van der Waals surface area contributed by atoms with E-state index < -0.39 is 22.5 Å². The van der Waals surface area contributed by atoms with Crippen molar-refractivity contribution in [1.29, 1.82) is 0 Å². The number of benzene rings is 2. The van der Waals surface area contributed by atoms with Gasteiger partial charge in [-0.1, -0.05) is 23.7 Å². The number of carbonyl (C=O) groups excluding carboxylic acids is 1. The number of hydrogen-bond donors (Lipinski definition) is 1. The quantitative estimate of drug-likeness (QED) is 0.381. The third-order valence-corrected chi connectivity index (χ3v) is 7.80. The predicted molar refractivity (Wildman–Crippen MR) is 134 cm³/mol. The number of rotatable bonds is 8. The summed E-state index contributed by atoms with van der Waals surface area (Å²) in [5, 5.41) is 2.88. The Morgan fingerprint density at radius 1 is 1.18 bits per heavy atom. The minimum Gasteiger partial charge on any atom is -0.494 e. The Morgan fingerprint density at radius 3 is 2.52 bits per heavy atom. The van der Waals surface area contributed by atoms with E-state index in [1.54, 1.807) is 36.4 Å². The van der Waals surface area contributed by atoms with Crippen LogP contribution in [0.15, 0.2) is 64.1 Å². The molecule has 1 N–H and O–H groups in total. The number of hydrogen-bond acceptors (Lipinski definition) is 5. The van der Waals surface area contributed by atoms with Crippen molar-refractivity contribution >= 4 is 54.8 Å². The standard InChI is InChI=1S/C23H23BrClN3O4S/c1-4-32-18-10-8-17(9-11-18)27-22(29)14-28(21-7-5-6-15(2)16(21)3)33(30,31)19-12-20(24)23(25)26-13-19/h5-13H,4,14H2,1-3H3,(H,27,29). The lowest BCUT2D eigenvalue weighted by molar-refractivity contribution is -0.114. The third-order valence-electron chi connectivity index (χ3n) is 4.94. The summed E-state index contributed by atoms with van der Waals surface area (Å²) in [5.41, 5.74) is 2.58. The van der Waals surface area contributed by atoms with Crippen LogP contribution in [0.5, 0.6) is 5.75 Å². The van der Waals surface area contributed by atoms with E-state index in [0.29, 0.717) is 28.2 Å². The lowest BCUT2D eigenvalue weighted by Crippen LogP contribution is -2.38. The smallest absolute Gasteiger partial charge is 0.266 e. The van der Waals surface area contributed by atoms with Crippen LogP contribution >= 0.6 is 27.5 Å². The summed E-state index contributed by atoms with van der Waals surface area (Å²) < 4.78 is 34.0. The van der Waals surface area contributed by atoms with E-state index in [2.05, 4.69) is 26.2 Å². The first-order valence-corrected chi connectivity index (χ1v) is 12.7. The van der Waals surface area contributed by atoms with Crippen molar-refractivity contribution in [1.82, 2.24) is 4.98 Å². The van der Waals surface area contributed by atoms with Crippen LogP contribution in [-0.2, 0) is 14.8 Å². The first kappa shape index (κ1) is 25.0. The molecule has 0 fully saturated rings. The van der Waals surface area contributed by atoms with E-state index in [-0.39, 0.29) is 10.0 Å².